The second kappa shape index (κ2) is 5.97. The summed E-state index contributed by atoms with van der Waals surface area (Å²) < 4.78 is 2.08. The molecule has 0 radical (unpaired) electrons. The van der Waals surface area contributed by atoms with Crippen LogP contribution in [0.1, 0.15) is 42.3 Å². The van der Waals surface area contributed by atoms with Gasteiger partial charge in [0.25, 0.3) is 5.91 Å². The van der Waals surface area contributed by atoms with Crippen molar-refractivity contribution in [2.75, 3.05) is 12.3 Å². The second-order valence-electron chi connectivity index (χ2n) is 5.51. The minimum atomic E-state index is 0.0965. The highest BCUT2D eigenvalue weighted by Crippen LogP contribution is 2.37. The number of carbonyl (C=O) groups excluding carboxylic acids is 1. The third kappa shape index (κ3) is 2.69. The monoisotopic (exact) mass is 366 g/mol. The van der Waals surface area contributed by atoms with Gasteiger partial charge in [-0.2, -0.15) is 0 Å². The maximum Gasteiger partial charge on any atom is 0.266 e. The van der Waals surface area contributed by atoms with Gasteiger partial charge in [0.2, 0.25) is 0 Å². The Labute approximate surface area is 137 Å². The summed E-state index contributed by atoms with van der Waals surface area (Å²) in [5.74, 6) is 0.0965. The smallest absolute Gasteiger partial charge is 0.266 e. The quantitative estimate of drug-likeness (QED) is 0.858. The van der Waals surface area contributed by atoms with Crippen molar-refractivity contribution in [3.8, 4) is 0 Å². The van der Waals surface area contributed by atoms with Gasteiger partial charge in [0.05, 0.1) is 5.69 Å². The molecule has 112 valence electrons. The number of halogens is 1. The number of anilines is 1. The van der Waals surface area contributed by atoms with Crippen LogP contribution in [0.2, 0.25) is 0 Å². The number of hydrogen-bond acceptors (Lipinski definition) is 3. The van der Waals surface area contributed by atoms with Crippen molar-refractivity contribution in [3.63, 3.8) is 0 Å². The summed E-state index contributed by atoms with van der Waals surface area (Å²) in [6.07, 6.45) is 4.69. The van der Waals surface area contributed by atoms with Crippen LogP contribution in [0, 0.1) is 0 Å². The lowest BCUT2D eigenvalue weighted by molar-refractivity contribution is 0.0699. The number of benzene rings is 1. The number of nitrogens with zero attached hydrogens (tertiary/aromatic N) is 1. The molecule has 1 aromatic heterocycles. The molecule has 0 unspecified atom stereocenters. The topological polar surface area (TPSA) is 46.3 Å². The fourth-order valence-electron chi connectivity index (χ4n) is 3.16. The minimum absolute atomic E-state index is 0.0965. The summed E-state index contributed by atoms with van der Waals surface area (Å²) >= 11 is 4.97. The van der Waals surface area contributed by atoms with E-state index in [9.17, 15) is 4.79 Å². The number of thiophene rings is 1. The molecule has 21 heavy (non-hydrogen) atoms. The van der Waals surface area contributed by atoms with Crippen LogP contribution in [0.5, 0.6) is 0 Å². The Morgan fingerprint density at radius 1 is 1.43 bits per heavy atom. The largest absolute Gasteiger partial charge is 0.397 e. The maximum atomic E-state index is 12.9. The number of fused-ring (bicyclic) bond motifs is 1. The minimum Gasteiger partial charge on any atom is -0.397 e. The predicted octanol–water partition coefficient (Wildman–Crippen LogP) is 4.65. The average molecular weight is 367 g/mol. The zero-order valence-corrected chi connectivity index (χ0v) is 14.5. The van der Waals surface area contributed by atoms with Gasteiger partial charge in [-0.05, 0) is 31.9 Å². The number of amides is 1. The third-order valence-corrected chi connectivity index (χ3v) is 5.90. The molecule has 2 aromatic rings. The van der Waals surface area contributed by atoms with Crippen LogP contribution < -0.4 is 5.73 Å². The molecule has 3 nitrogen and oxygen atoms in total. The van der Waals surface area contributed by atoms with Gasteiger partial charge in [0.15, 0.2) is 0 Å². The number of nitrogens with two attached hydrogens (primary N) is 1. The van der Waals surface area contributed by atoms with E-state index in [0.717, 1.165) is 33.9 Å². The van der Waals surface area contributed by atoms with Gasteiger partial charge < -0.3 is 10.6 Å². The Bertz CT molecular complexity index is 676. The first kappa shape index (κ1) is 14.9. The highest BCUT2D eigenvalue weighted by Gasteiger charge is 2.28. The standard InChI is InChI=1S/C16H19BrN2OS/c1-2-19(11-5-3-4-6-11)16(20)15-14(18)12-8-7-10(17)9-13(12)21-15/h7-9,11H,2-6,18H2,1H3. The predicted molar refractivity (Wildman–Crippen MR) is 92.9 cm³/mol. The van der Waals surface area contributed by atoms with E-state index in [4.69, 9.17) is 5.73 Å². The molecular weight excluding hydrogens is 348 g/mol. The van der Waals surface area contributed by atoms with Crippen molar-refractivity contribution in [1.82, 2.24) is 4.90 Å². The van der Waals surface area contributed by atoms with Gasteiger partial charge in [-0.1, -0.05) is 34.8 Å². The number of hydrogen-bond donors (Lipinski definition) is 1. The van der Waals surface area contributed by atoms with Gasteiger partial charge in [0, 0.05) is 27.1 Å². The summed E-state index contributed by atoms with van der Waals surface area (Å²) in [5, 5.41) is 0.981. The van der Waals surface area contributed by atoms with Crippen LogP contribution in [0.15, 0.2) is 22.7 Å². The van der Waals surface area contributed by atoms with E-state index in [2.05, 4.69) is 22.9 Å². The summed E-state index contributed by atoms with van der Waals surface area (Å²) in [4.78, 5) is 15.6. The summed E-state index contributed by atoms with van der Waals surface area (Å²) in [7, 11) is 0. The molecule has 1 amide bonds. The van der Waals surface area contributed by atoms with Crippen LogP contribution in [0.25, 0.3) is 10.1 Å². The first-order valence-electron chi connectivity index (χ1n) is 7.40. The van der Waals surface area contributed by atoms with Crippen molar-refractivity contribution < 1.29 is 4.79 Å². The fraction of sp³-hybridized carbons (Fsp3) is 0.438. The second-order valence-corrected chi connectivity index (χ2v) is 7.48. The van der Waals surface area contributed by atoms with E-state index in [0.29, 0.717) is 16.6 Å². The van der Waals surface area contributed by atoms with Gasteiger partial charge in [-0.25, -0.2) is 0 Å². The molecule has 1 fully saturated rings. The van der Waals surface area contributed by atoms with Crippen LogP contribution in [0.4, 0.5) is 5.69 Å². The molecule has 1 aliphatic carbocycles. The SMILES string of the molecule is CCN(C(=O)c1sc2cc(Br)ccc2c1N)C1CCCC1. The van der Waals surface area contributed by atoms with Crippen LogP contribution in [0.3, 0.4) is 0 Å². The Kier molecular flexibility index (Phi) is 4.22. The van der Waals surface area contributed by atoms with Gasteiger partial charge >= 0.3 is 0 Å². The summed E-state index contributed by atoms with van der Waals surface area (Å²) in [6, 6.07) is 6.36. The highest BCUT2D eigenvalue weighted by atomic mass is 79.9. The Balaban J connectivity index is 1.98. The van der Waals surface area contributed by atoms with E-state index in [1.54, 1.807) is 0 Å². The lowest BCUT2D eigenvalue weighted by atomic mass is 10.1. The van der Waals surface area contributed by atoms with E-state index < -0.39 is 0 Å². The number of carbonyl (C=O) groups is 1. The van der Waals surface area contributed by atoms with Gasteiger partial charge in [-0.15, -0.1) is 11.3 Å². The van der Waals surface area contributed by atoms with E-state index in [1.807, 2.05) is 23.1 Å². The Morgan fingerprint density at radius 3 is 2.81 bits per heavy atom. The molecule has 3 rings (SSSR count). The van der Waals surface area contributed by atoms with Crippen LogP contribution in [-0.2, 0) is 0 Å². The van der Waals surface area contributed by atoms with Crippen molar-refractivity contribution in [2.24, 2.45) is 0 Å². The highest BCUT2D eigenvalue weighted by molar-refractivity contribution is 9.10. The molecular formula is C16H19BrN2OS. The number of rotatable bonds is 3. The van der Waals surface area contributed by atoms with E-state index >= 15 is 0 Å². The fourth-order valence-corrected chi connectivity index (χ4v) is 4.79. The first-order valence-corrected chi connectivity index (χ1v) is 9.01. The maximum absolute atomic E-state index is 12.9. The van der Waals surface area contributed by atoms with Gasteiger partial charge in [0.1, 0.15) is 4.88 Å². The Hall–Kier alpha value is -1.07. The third-order valence-electron chi connectivity index (χ3n) is 4.25. The van der Waals surface area contributed by atoms with Crippen molar-refractivity contribution in [2.45, 2.75) is 38.6 Å². The van der Waals surface area contributed by atoms with Crippen LogP contribution >= 0.6 is 27.3 Å². The molecule has 0 spiro atoms. The molecule has 0 bridgehead atoms. The molecule has 0 saturated heterocycles. The van der Waals surface area contributed by atoms with E-state index in [-0.39, 0.29) is 5.91 Å². The molecule has 1 aromatic carbocycles. The van der Waals surface area contributed by atoms with Gasteiger partial charge in [-0.3, -0.25) is 4.79 Å². The van der Waals surface area contributed by atoms with E-state index in [1.165, 1.54) is 24.2 Å². The molecule has 1 saturated carbocycles. The average Bonchev–Trinajstić information content (AvgIpc) is 3.08. The molecule has 2 N–H and O–H groups in total. The molecule has 1 heterocycles. The lowest BCUT2D eigenvalue weighted by Crippen LogP contribution is -2.38. The first-order chi connectivity index (χ1) is 10.1. The summed E-state index contributed by atoms with van der Waals surface area (Å²) in [5.41, 5.74) is 6.86. The number of nitrogen functional groups attached to an aromatic ring is 1. The zero-order chi connectivity index (χ0) is 15.0. The summed E-state index contributed by atoms with van der Waals surface area (Å²) in [6.45, 7) is 2.80. The van der Waals surface area contributed by atoms with Crippen LogP contribution in [-0.4, -0.2) is 23.4 Å². The molecule has 0 aliphatic heterocycles. The lowest BCUT2D eigenvalue weighted by Gasteiger charge is -2.27. The van der Waals surface area contributed by atoms with Crippen molar-refractivity contribution in [3.05, 3.63) is 27.5 Å². The molecule has 1 aliphatic rings. The molecule has 0 atom stereocenters. The normalized spacial score (nSPS) is 15.7. The van der Waals surface area contributed by atoms with Crippen molar-refractivity contribution >= 4 is 48.9 Å². The zero-order valence-electron chi connectivity index (χ0n) is 12.1. The van der Waals surface area contributed by atoms with Crippen molar-refractivity contribution in [1.29, 1.82) is 0 Å². The Morgan fingerprint density at radius 2 is 2.14 bits per heavy atom. The molecule has 5 heteroatoms.